The zero-order chi connectivity index (χ0) is 22.2. The van der Waals surface area contributed by atoms with Crippen molar-refractivity contribution >= 4 is 44.0 Å². The number of thiophene rings is 1. The van der Waals surface area contributed by atoms with Gasteiger partial charge in [0.25, 0.3) is 0 Å². The summed E-state index contributed by atoms with van der Waals surface area (Å²) in [4.78, 5) is 10.3. The molecule has 0 aliphatic heterocycles. The number of pyridine rings is 1. The van der Waals surface area contributed by atoms with Crippen molar-refractivity contribution in [1.82, 2.24) is 14.5 Å². The summed E-state index contributed by atoms with van der Waals surface area (Å²) in [6.45, 7) is 4.36. The van der Waals surface area contributed by atoms with Gasteiger partial charge in [-0.1, -0.05) is 48.0 Å². The number of rotatable bonds is 4. The van der Waals surface area contributed by atoms with Gasteiger partial charge in [-0.2, -0.15) is 5.26 Å². The van der Waals surface area contributed by atoms with Crippen LogP contribution in [0.25, 0.3) is 37.2 Å². The second-order valence-electron chi connectivity index (χ2n) is 7.30. The van der Waals surface area contributed by atoms with Crippen molar-refractivity contribution in [3.05, 3.63) is 76.7 Å². The van der Waals surface area contributed by atoms with E-state index in [1.165, 1.54) is 16.9 Å². The first-order valence-electron chi connectivity index (χ1n) is 10.2. The number of aryl methyl sites for hydroxylation is 1. The molecular formula is C25H18N4OS2. The molecule has 3 heterocycles. The largest absolute Gasteiger partial charge is 0.477 e. The minimum atomic E-state index is 0.345. The first kappa shape index (κ1) is 20.3. The van der Waals surface area contributed by atoms with Crippen molar-refractivity contribution in [3.63, 3.8) is 0 Å². The Morgan fingerprint density at radius 2 is 1.84 bits per heavy atom. The lowest BCUT2D eigenvalue weighted by molar-refractivity contribution is 0.327. The van der Waals surface area contributed by atoms with Crippen molar-refractivity contribution in [1.29, 1.82) is 5.26 Å². The molecule has 0 N–H and O–H groups in total. The Balaban J connectivity index is 1.88. The molecule has 2 aromatic carbocycles. The van der Waals surface area contributed by atoms with Crippen molar-refractivity contribution in [2.75, 3.05) is 6.61 Å². The highest BCUT2D eigenvalue weighted by Crippen LogP contribution is 2.42. The number of nitriles is 1. The number of benzene rings is 2. The summed E-state index contributed by atoms with van der Waals surface area (Å²) in [6, 6.07) is 20.3. The number of hydrogen-bond donors (Lipinski definition) is 0. The zero-order valence-electron chi connectivity index (χ0n) is 17.5. The van der Waals surface area contributed by atoms with E-state index in [9.17, 15) is 5.26 Å². The maximum Gasteiger partial charge on any atom is 0.233 e. The maximum absolute atomic E-state index is 10.0. The van der Waals surface area contributed by atoms with E-state index in [-0.39, 0.29) is 0 Å². The summed E-state index contributed by atoms with van der Waals surface area (Å²) in [5, 5.41) is 10.8. The molecule has 0 aliphatic carbocycles. The molecule has 156 valence electrons. The lowest BCUT2D eigenvalue weighted by Crippen LogP contribution is -2.00. The number of ether oxygens (including phenoxy) is 1. The third-order valence-corrected chi connectivity index (χ3v) is 6.53. The highest BCUT2D eigenvalue weighted by molar-refractivity contribution is 7.71. The molecule has 5 rings (SSSR count). The van der Waals surface area contributed by atoms with E-state index in [1.54, 1.807) is 0 Å². The van der Waals surface area contributed by atoms with E-state index in [2.05, 4.69) is 25.1 Å². The zero-order valence-corrected chi connectivity index (χ0v) is 19.1. The number of aromatic nitrogens is 3. The number of hydrogen-bond acceptors (Lipinski definition) is 6. The molecule has 0 saturated carbocycles. The van der Waals surface area contributed by atoms with E-state index < -0.39 is 0 Å². The van der Waals surface area contributed by atoms with Gasteiger partial charge in [-0.15, -0.1) is 11.3 Å². The van der Waals surface area contributed by atoms with Gasteiger partial charge in [-0.05, 0) is 43.8 Å². The molecule has 0 aliphatic rings. The van der Waals surface area contributed by atoms with Gasteiger partial charge in [0.2, 0.25) is 10.7 Å². The summed E-state index contributed by atoms with van der Waals surface area (Å²) in [5.74, 6) is 0.345. The van der Waals surface area contributed by atoms with Crippen molar-refractivity contribution in [3.8, 4) is 28.8 Å². The van der Waals surface area contributed by atoms with Crippen LogP contribution in [0.5, 0.6) is 5.88 Å². The molecular weight excluding hydrogens is 436 g/mol. The summed E-state index contributed by atoms with van der Waals surface area (Å²) in [6.07, 6.45) is 2.00. The quantitative estimate of drug-likeness (QED) is 0.286. The third kappa shape index (κ3) is 3.34. The van der Waals surface area contributed by atoms with Gasteiger partial charge in [0.05, 0.1) is 16.8 Å². The third-order valence-electron chi connectivity index (χ3n) is 5.23. The lowest BCUT2D eigenvalue weighted by atomic mass is 9.98. The average molecular weight is 455 g/mol. The first-order valence-corrected chi connectivity index (χ1v) is 11.4. The maximum atomic E-state index is 10.0. The van der Waals surface area contributed by atoms with E-state index in [4.69, 9.17) is 26.9 Å². The Labute approximate surface area is 194 Å². The highest BCUT2D eigenvalue weighted by Gasteiger charge is 2.22. The van der Waals surface area contributed by atoms with Gasteiger partial charge in [0, 0.05) is 22.8 Å². The monoisotopic (exact) mass is 454 g/mol. The molecule has 5 nitrogen and oxygen atoms in total. The van der Waals surface area contributed by atoms with E-state index >= 15 is 0 Å². The molecule has 0 amide bonds. The lowest BCUT2D eigenvalue weighted by Gasteiger charge is -2.11. The predicted molar refractivity (Wildman–Crippen MR) is 131 cm³/mol. The SMILES string of the molecule is CCOc1nc2sc3cn(-c4ccc(C)cc4)c(=S)nc3c2c(-c2ccccc2)c1C#N. The van der Waals surface area contributed by atoms with Gasteiger partial charge in [0.15, 0.2) is 0 Å². The smallest absolute Gasteiger partial charge is 0.233 e. The fraction of sp³-hybridized carbons (Fsp3) is 0.120. The van der Waals surface area contributed by atoms with Crippen LogP contribution >= 0.6 is 23.6 Å². The van der Waals surface area contributed by atoms with Crippen LogP contribution in [0, 0.1) is 23.0 Å². The van der Waals surface area contributed by atoms with Crippen LogP contribution in [0.2, 0.25) is 0 Å². The topological polar surface area (TPSA) is 63.7 Å². The Kier molecular flexibility index (Phi) is 5.17. The molecule has 0 spiro atoms. The summed E-state index contributed by atoms with van der Waals surface area (Å²) in [7, 11) is 0. The minimum absolute atomic E-state index is 0.345. The van der Waals surface area contributed by atoms with Gasteiger partial charge >= 0.3 is 0 Å². The molecule has 0 saturated heterocycles. The fourth-order valence-corrected chi connectivity index (χ4v) is 5.05. The minimum Gasteiger partial charge on any atom is -0.477 e. The van der Waals surface area contributed by atoms with E-state index in [0.717, 1.165) is 37.2 Å². The first-order chi connectivity index (χ1) is 15.6. The number of fused-ring (bicyclic) bond motifs is 3. The van der Waals surface area contributed by atoms with Crippen LogP contribution < -0.4 is 4.74 Å². The molecule has 3 aromatic heterocycles. The van der Waals surface area contributed by atoms with Crippen LogP contribution in [0.4, 0.5) is 0 Å². The van der Waals surface area contributed by atoms with Crippen molar-refractivity contribution in [2.45, 2.75) is 13.8 Å². The van der Waals surface area contributed by atoms with Gasteiger partial charge in [-0.3, -0.25) is 4.57 Å². The van der Waals surface area contributed by atoms with Gasteiger partial charge in [0.1, 0.15) is 16.5 Å². The fourth-order valence-electron chi connectivity index (χ4n) is 3.76. The molecule has 0 atom stereocenters. The predicted octanol–water partition coefficient (Wildman–Crippen LogP) is 6.61. The Hall–Kier alpha value is -3.60. The van der Waals surface area contributed by atoms with E-state index in [1.807, 2.05) is 60.2 Å². The molecule has 5 aromatic rings. The second-order valence-corrected chi connectivity index (χ2v) is 8.70. The van der Waals surface area contributed by atoms with Crippen LogP contribution in [-0.4, -0.2) is 21.1 Å². The highest BCUT2D eigenvalue weighted by atomic mass is 32.1. The molecule has 0 bridgehead atoms. The van der Waals surface area contributed by atoms with Crippen LogP contribution in [0.3, 0.4) is 0 Å². The second kappa shape index (κ2) is 8.15. The summed E-state index contributed by atoms with van der Waals surface area (Å²) < 4.78 is 9.05. The molecule has 0 radical (unpaired) electrons. The standard InChI is InChI=1S/C25H18N4OS2/c1-3-30-23-18(13-26)20(16-7-5-4-6-8-16)21-22-19(32-24(21)28-23)14-29(25(31)27-22)17-11-9-15(2)10-12-17/h4-12,14H,3H2,1-2H3. The molecule has 7 heteroatoms. The van der Waals surface area contributed by atoms with Crippen molar-refractivity contribution < 1.29 is 4.74 Å². The number of nitrogens with zero attached hydrogens (tertiary/aromatic N) is 4. The van der Waals surface area contributed by atoms with Gasteiger partial charge in [-0.25, -0.2) is 9.97 Å². The Bertz CT molecular complexity index is 1560. The average Bonchev–Trinajstić information content (AvgIpc) is 3.15. The van der Waals surface area contributed by atoms with Crippen LogP contribution in [-0.2, 0) is 0 Å². The summed E-state index contributed by atoms with van der Waals surface area (Å²) in [5.41, 5.74) is 5.00. The van der Waals surface area contributed by atoms with E-state index in [0.29, 0.717) is 22.8 Å². The molecule has 0 fully saturated rings. The van der Waals surface area contributed by atoms with Crippen LogP contribution in [0.15, 0.2) is 60.8 Å². The van der Waals surface area contributed by atoms with Crippen LogP contribution in [0.1, 0.15) is 18.1 Å². The summed E-state index contributed by atoms with van der Waals surface area (Å²) >= 11 is 7.18. The molecule has 32 heavy (non-hydrogen) atoms. The van der Waals surface area contributed by atoms with Crippen molar-refractivity contribution in [2.24, 2.45) is 0 Å². The van der Waals surface area contributed by atoms with Gasteiger partial charge < -0.3 is 4.74 Å². The Morgan fingerprint density at radius 1 is 1.09 bits per heavy atom. The molecule has 0 unspecified atom stereocenters. The normalized spacial score (nSPS) is 11.0. The Morgan fingerprint density at radius 3 is 2.53 bits per heavy atom.